The lowest BCUT2D eigenvalue weighted by Gasteiger charge is -2.09. The molecule has 9 nitrogen and oxygen atoms in total. The Kier molecular flexibility index (Phi) is 4.44. The van der Waals surface area contributed by atoms with Gasteiger partial charge in [-0.25, -0.2) is 23.3 Å². The molecule has 128 valence electrons. The van der Waals surface area contributed by atoms with E-state index in [-0.39, 0.29) is 10.7 Å². The SMILES string of the molecule is Cc1n[nH]c(=O)nc1Nc1ccc(S(=O)(=O)Nc2ccccn2)cc1. The molecule has 0 atom stereocenters. The maximum absolute atomic E-state index is 12.3. The summed E-state index contributed by atoms with van der Waals surface area (Å²) in [6, 6.07) is 10.9. The summed E-state index contributed by atoms with van der Waals surface area (Å²) in [5.74, 6) is 0.532. The number of aryl methyl sites for hydroxylation is 1. The Bertz CT molecular complexity index is 1030. The van der Waals surface area contributed by atoms with E-state index in [0.717, 1.165) is 0 Å². The van der Waals surface area contributed by atoms with Crippen LogP contribution in [0.4, 0.5) is 17.3 Å². The van der Waals surface area contributed by atoms with Gasteiger partial charge in [0.1, 0.15) is 11.5 Å². The zero-order valence-corrected chi connectivity index (χ0v) is 13.9. The van der Waals surface area contributed by atoms with Gasteiger partial charge in [-0.2, -0.15) is 10.1 Å². The molecule has 25 heavy (non-hydrogen) atoms. The first-order valence-electron chi connectivity index (χ1n) is 7.18. The highest BCUT2D eigenvalue weighted by Gasteiger charge is 2.14. The fraction of sp³-hybridized carbons (Fsp3) is 0.0667. The molecule has 10 heteroatoms. The predicted molar refractivity (Wildman–Crippen MR) is 92.2 cm³/mol. The minimum atomic E-state index is -3.74. The van der Waals surface area contributed by atoms with Gasteiger partial charge in [-0.3, -0.25) is 4.72 Å². The molecule has 0 saturated heterocycles. The lowest BCUT2D eigenvalue weighted by Crippen LogP contribution is -2.16. The first kappa shape index (κ1) is 16.6. The van der Waals surface area contributed by atoms with Crippen molar-refractivity contribution in [2.24, 2.45) is 0 Å². The summed E-state index contributed by atoms with van der Waals surface area (Å²) in [5.41, 5.74) is 0.500. The molecule has 0 bridgehead atoms. The molecule has 0 aliphatic heterocycles. The van der Waals surface area contributed by atoms with Gasteiger partial charge in [0.25, 0.3) is 10.0 Å². The third-order valence-electron chi connectivity index (χ3n) is 3.21. The molecule has 0 aliphatic carbocycles. The van der Waals surface area contributed by atoms with E-state index in [2.05, 4.69) is 30.2 Å². The Morgan fingerprint density at radius 1 is 1.08 bits per heavy atom. The van der Waals surface area contributed by atoms with Crippen LogP contribution in [-0.4, -0.2) is 28.6 Å². The number of aromatic nitrogens is 4. The zero-order valence-electron chi connectivity index (χ0n) is 13.1. The molecule has 2 aromatic heterocycles. The van der Waals surface area contributed by atoms with Crippen LogP contribution >= 0.6 is 0 Å². The van der Waals surface area contributed by atoms with Gasteiger partial charge in [0, 0.05) is 11.9 Å². The molecule has 0 amide bonds. The van der Waals surface area contributed by atoms with Crippen LogP contribution in [0.3, 0.4) is 0 Å². The number of H-pyrrole nitrogens is 1. The first-order chi connectivity index (χ1) is 11.9. The average Bonchev–Trinajstić information content (AvgIpc) is 2.59. The monoisotopic (exact) mass is 358 g/mol. The van der Waals surface area contributed by atoms with Crippen molar-refractivity contribution in [3.8, 4) is 0 Å². The van der Waals surface area contributed by atoms with Crippen LogP contribution in [0.25, 0.3) is 0 Å². The molecule has 0 saturated carbocycles. The number of benzene rings is 1. The molecular weight excluding hydrogens is 344 g/mol. The lowest BCUT2D eigenvalue weighted by molar-refractivity contribution is 0.601. The average molecular weight is 358 g/mol. The van der Waals surface area contributed by atoms with Crippen molar-refractivity contribution in [1.29, 1.82) is 0 Å². The van der Waals surface area contributed by atoms with Gasteiger partial charge in [0.15, 0.2) is 5.82 Å². The van der Waals surface area contributed by atoms with Crippen molar-refractivity contribution in [2.75, 3.05) is 10.0 Å². The third kappa shape index (κ3) is 3.98. The van der Waals surface area contributed by atoms with E-state index in [1.54, 1.807) is 37.3 Å². The topological polar surface area (TPSA) is 130 Å². The van der Waals surface area contributed by atoms with E-state index in [9.17, 15) is 13.2 Å². The Morgan fingerprint density at radius 2 is 1.84 bits per heavy atom. The fourth-order valence-electron chi connectivity index (χ4n) is 1.98. The van der Waals surface area contributed by atoms with Crippen LogP contribution in [0, 0.1) is 6.92 Å². The summed E-state index contributed by atoms with van der Waals surface area (Å²) < 4.78 is 27.1. The molecule has 3 N–H and O–H groups in total. The zero-order chi connectivity index (χ0) is 17.9. The highest BCUT2D eigenvalue weighted by molar-refractivity contribution is 7.92. The summed E-state index contributed by atoms with van der Waals surface area (Å²) in [4.78, 5) is 19.0. The first-order valence-corrected chi connectivity index (χ1v) is 8.67. The largest absolute Gasteiger partial charge is 0.363 e. The molecule has 0 aliphatic rings. The minimum absolute atomic E-state index is 0.0809. The summed E-state index contributed by atoms with van der Waals surface area (Å²) in [5, 5.41) is 8.95. The standard InChI is InChI=1S/C15H14N6O3S/c1-10-14(18-15(22)20-19-10)17-11-5-7-12(8-6-11)25(23,24)21-13-4-2-3-9-16-13/h2-9H,1H3,(H,16,21)(H2,17,18,20,22). The molecule has 3 aromatic rings. The van der Waals surface area contributed by atoms with Gasteiger partial charge in [-0.15, -0.1) is 0 Å². The molecule has 0 spiro atoms. The molecule has 2 heterocycles. The van der Waals surface area contributed by atoms with Crippen LogP contribution in [-0.2, 0) is 10.0 Å². The highest BCUT2D eigenvalue weighted by Crippen LogP contribution is 2.19. The van der Waals surface area contributed by atoms with Crippen molar-refractivity contribution in [3.63, 3.8) is 0 Å². The molecular formula is C15H14N6O3S. The van der Waals surface area contributed by atoms with Crippen molar-refractivity contribution >= 4 is 27.3 Å². The second-order valence-corrected chi connectivity index (χ2v) is 6.73. The van der Waals surface area contributed by atoms with E-state index in [0.29, 0.717) is 17.2 Å². The number of nitrogens with one attached hydrogen (secondary N) is 3. The van der Waals surface area contributed by atoms with Crippen LogP contribution in [0.1, 0.15) is 5.69 Å². The van der Waals surface area contributed by atoms with Gasteiger partial charge in [0.05, 0.1) is 4.90 Å². The smallest absolute Gasteiger partial charge is 0.338 e. The van der Waals surface area contributed by atoms with Crippen LogP contribution in [0.15, 0.2) is 58.4 Å². The quantitative estimate of drug-likeness (QED) is 0.629. The van der Waals surface area contributed by atoms with Gasteiger partial charge in [-0.05, 0) is 43.3 Å². The van der Waals surface area contributed by atoms with Crippen molar-refractivity contribution < 1.29 is 8.42 Å². The Hall–Kier alpha value is -3.27. The number of anilines is 3. The number of nitrogens with zero attached hydrogens (tertiary/aromatic N) is 3. The Labute approximate surface area is 143 Å². The summed E-state index contributed by atoms with van der Waals surface area (Å²) >= 11 is 0. The van der Waals surface area contributed by atoms with Gasteiger partial charge in [0.2, 0.25) is 0 Å². The normalized spacial score (nSPS) is 11.1. The van der Waals surface area contributed by atoms with E-state index in [1.807, 2.05) is 0 Å². The third-order valence-corrected chi connectivity index (χ3v) is 4.58. The Balaban J connectivity index is 1.80. The van der Waals surface area contributed by atoms with E-state index < -0.39 is 15.7 Å². The molecule has 3 rings (SSSR count). The van der Waals surface area contributed by atoms with Crippen LogP contribution < -0.4 is 15.7 Å². The predicted octanol–water partition coefficient (Wildman–Crippen LogP) is 1.41. The van der Waals surface area contributed by atoms with E-state index >= 15 is 0 Å². The highest BCUT2D eigenvalue weighted by atomic mass is 32.2. The number of pyridine rings is 1. The number of sulfonamides is 1. The Morgan fingerprint density at radius 3 is 2.52 bits per heavy atom. The maximum atomic E-state index is 12.3. The molecule has 1 aromatic carbocycles. The van der Waals surface area contributed by atoms with Crippen molar-refractivity contribution in [2.45, 2.75) is 11.8 Å². The second-order valence-electron chi connectivity index (χ2n) is 5.04. The number of rotatable bonds is 5. The lowest BCUT2D eigenvalue weighted by atomic mass is 10.3. The van der Waals surface area contributed by atoms with Gasteiger partial charge < -0.3 is 5.32 Å². The number of hydrogen-bond acceptors (Lipinski definition) is 7. The van der Waals surface area contributed by atoms with Crippen LogP contribution in [0.2, 0.25) is 0 Å². The number of hydrogen-bond donors (Lipinski definition) is 3. The van der Waals surface area contributed by atoms with Gasteiger partial charge >= 0.3 is 5.69 Å². The van der Waals surface area contributed by atoms with E-state index in [4.69, 9.17) is 0 Å². The fourth-order valence-corrected chi connectivity index (χ4v) is 2.99. The minimum Gasteiger partial charge on any atom is -0.338 e. The molecule has 0 radical (unpaired) electrons. The summed E-state index contributed by atoms with van der Waals surface area (Å²) in [6.07, 6.45) is 1.50. The van der Waals surface area contributed by atoms with Crippen LogP contribution in [0.5, 0.6) is 0 Å². The van der Waals surface area contributed by atoms with Crippen molar-refractivity contribution in [1.82, 2.24) is 20.2 Å². The second kappa shape index (κ2) is 6.69. The number of aromatic amines is 1. The van der Waals surface area contributed by atoms with Gasteiger partial charge in [-0.1, -0.05) is 6.07 Å². The molecule has 0 unspecified atom stereocenters. The van der Waals surface area contributed by atoms with E-state index in [1.165, 1.54) is 18.3 Å². The van der Waals surface area contributed by atoms with Crippen molar-refractivity contribution in [3.05, 3.63) is 64.8 Å². The summed E-state index contributed by atoms with van der Waals surface area (Å²) in [6.45, 7) is 1.68. The maximum Gasteiger partial charge on any atom is 0.363 e. The summed E-state index contributed by atoms with van der Waals surface area (Å²) in [7, 11) is -3.74. The molecule has 0 fully saturated rings.